The van der Waals surface area contributed by atoms with E-state index in [1.165, 1.54) is 7.11 Å². The highest BCUT2D eigenvalue weighted by Gasteiger charge is 2.42. The van der Waals surface area contributed by atoms with E-state index in [0.29, 0.717) is 27.8 Å². The van der Waals surface area contributed by atoms with Crippen molar-refractivity contribution in [1.82, 2.24) is 0 Å². The van der Waals surface area contributed by atoms with Crippen molar-refractivity contribution in [3.8, 4) is 5.75 Å². The van der Waals surface area contributed by atoms with Gasteiger partial charge in [0.2, 0.25) is 0 Å². The number of amides is 2. The first-order valence-corrected chi connectivity index (χ1v) is 10.4. The van der Waals surface area contributed by atoms with Gasteiger partial charge >= 0.3 is 0 Å². The molecule has 4 rings (SSSR count). The molecule has 0 atom stereocenters. The van der Waals surface area contributed by atoms with Crippen molar-refractivity contribution < 1.29 is 23.1 Å². The van der Waals surface area contributed by atoms with E-state index in [0.717, 1.165) is 23.8 Å². The van der Waals surface area contributed by atoms with Crippen LogP contribution in [0.3, 0.4) is 0 Å². The molecule has 0 unspecified atom stereocenters. The van der Waals surface area contributed by atoms with Gasteiger partial charge in [0.15, 0.2) is 0 Å². The second-order valence-corrected chi connectivity index (χ2v) is 7.89. The maximum atomic E-state index is 14.5. The lowest BCUT2D eigenvalue weighted by molar-refractivity contribution is -0.120. The third-order valence-electron chi connectivity index (χ3n) is 5.46. The Hall–Kier alpha value is -4.00. The van der Waals surface area contributed by atoms with E-state index in [4.69, 9.17) is 4.74 Å². The number of anilines is 2. The molecule has 1 N–H and O–H groups in total. The number of para-hydroxylation sites is 1. The van der Waals surface area contributed by atoms with Crippen LogP contribution in [0.1, 0.15) is 30.9 Å². The number of hydrogen-bond donors (Lipinski definition) is 1. The van der Waals surface area contributed by atoms with E-state index in [2.05, 4.69) is 19.2 Å². The fourth-order valence-electron chi connectivity index (χ4n) is 3.72. The van der Waals surface area contributed by atoms with Crippen LogP contribution < -0.4 is 15.0 Å². The van der Waals surface area contributed by atoms with Gasteiger partial charge in [0.25, 0.3) is 11.8 Å². The monoisotopic (exact) mass is 448 g/mol. The highest BCUT2D eigenvalue weighted by molar-refractivity contribution is 6.46. The van der Waals surface area contributed by atoms with Gasteiger partial charge < -0.3 is 10.1 Å². The molecule has 5 nitrogen and oxygen atoms in total. The summed E-state index contributed by atoms with van der Waals surface area (Å²) in [6.07, 6.45) is 0. The standard InChI is InChI=1S/C26H22F2N2O3/c1-15(2)16-8-11-18(12-9-16)29-24-23(19-6-4-5-7-22(19)33-3)25(31)30(26(24)32)21-14-17(27)10-13-20(21)28/h4-15,29H,1-3H3. The highest BCUT2D eigenvalue weighted by atomic mass is 19.1. The number of imide groups is 1. The van der Waals surface area contributed by atoms with E-state index < -0.39 is 29.1 Å². The molecule has 33 heavy (non-hydrogen) atoms. The summed E-state index contributed by atoms with van der Waals surface area (Å²) in [6.45, 7) is 4.13. The van der Waals surface area contributed by atoms with Gasteiger partial charge in [0.1, 0.15) is 23.1 Å². The molecule has 1 aliphatic rings. The summed E-state index contributed by atoms with van der Waals surface area (Å²) in [4.78, 5) is 27.5. The van der Waals surface area contributed by atoms with Crippen LogP contribution in [0.4, 0.5) is 20.2 Å². The molecule has 3 aromatic carbocycles. The number of benzene rings is 3. The van der Waals surface area contributed by atoms with Gasteiger partial charge in [0, 0.05) is 17.3 Å². The topological polar surface area (TPSA) is 58.6 Å². The van der Waals surface area contributed by atoms with Crippen LogP contribution in [-0.4, -0.2) is 18.9 Å². The highest BCUT2D eigenvalue weighted by Crippen LogP contribution is 2.38. The number of halogens is 2. The van der Waals surface area contributed by atoms with Gasteiger partial charge in [-0.1, -0.05) is 44.2 Å². The zero-order valence-electron chi connectivity index (χ0n) is 18.4. The van der Waals surface area contributed by atoms with Gasteiger partial charge in [-0.05, 0) is 41.8 Å². The molecule has 7 heteroatoms. The largest absolute Gasteiger partial charge is 0.496 e. The molecule has 0 aromatic heterocycles. The maximum Gasteiger partial charge on any atom is 0.282 e. The Morgan fingerprint density at radius 3 is 2.27 bits per heavy atom. The molecule has 0 saturated carbocycles. The molecule has 168 valence electrons. The smallest absolute Gasteiger partial charge is 0.282 e. The van der Waals surface area contributed by atoms with Crippen molar-refractivity contribution in [2.75, 3.05) is 17.3 Å². The molecule has 1 aliphatic heterocycles. The quantitative estimate of drug-likeness (QED) is 0.507. The summed E-state index contributed by atoms with van der Waals surface area (Å²) < 4.78 is 33.8. The number of carbonyl (C=O) groups excluding carboxylic acids is 2. The van der Waals surface area contributed by atoms with Crippen molar-refractivity contribution >= 4 is 28.8 Å². The van der Waals surface area contributed by atoms with Crippen LogP contribution in [0.15, 0.2) is 72.4 Å². The Balaban J connectivity index is 1.85. The number of rotatable bonds is 6. The molecule has 3 aromatic rings. The van der Waals surface area contributed by atoms with E-state index in [1.54, 1.807) is 36.4 Å². The van der Waals surface area contributed by atoms with Crippen molar-refractivity contribution in [1.29, 1.82) is 0 Å². The summed E-state index contributed by atoms with van der Waals surface area (Å²) in [6, 6.07) is 16.8. The number of nitrogens with one attached hydrogen (secondary N) is 1. The first kappa shape index (κ1) is 22.2. The van der Waals surface area contributed by atoms with Crippen molar-refractivity contribution in [2.24, 2.45) is 0 Å². The number of ether oxygens (including phenoxy) is 1. The summed E-state index contributed by atoms with van der Waals surface area (Å²) in [5.41, 5.74) is 1.55. The summed E-state index contributed by atoms with van der Waals surface area (Å²) in [5.74, 6) is -2.54. The van der Waals surface area contributed by atoms with Gasteiger partial charge in [-0.25, -0.2) is 13.7 Å². The van der Waals surface area contributed by atoms with E-state index in [-0.39, 0.29) is 11.3 Å². The van der Waals surface area contributed by atoms with Gasteiger partial charge in [-0.15, -0.1) is 0 Å². The van der Waals surface area contributed by atoms with Gasteiger partial charge in [-0.2, -0.15) is 0 Å². The van der Waals surface area contributed by atoms with Crippen LogP contribution in [0.5, 0.6) is 5.75 Å². The molecule has 0 fully saturated rings. The lowest BCUT2D eigenvalue weighted by Gasteiger charge is -2.16. The van der Waals surface area contributed by atoms with Crippen LogP contribution in [-0.2, 0) is 9.59 Å². The lowest BCUT2D eigenvalue weighted by atomic mass is 10.0. The minimum Gasteiger partial charge on any atom is -0.496 e. The summed E-state index contributed by atoms with van der Waals surface area (Å²) >= 11 is 0. The third-order valence-corrected chi connectivity index (χ3v) is 5.46. The molecule has 0 aliphatic carbocycles. The van der Waals surface area contributed by atoms with Gasteiger partial charge in [-0.3, -0.25) is 9.59 Å². The van der Waals surface area contributed by atoms with Crippen LogP contribution in [0, 0.1) is 11.6 Å². The Morgan fingerprint density at radius 1 is 0.909 bits per heavy atom. The van der Waals surface area contributed by atoms with Crippen LogP contribution in [0.25, 0.3) is 5.57 Å². The SMILES string of the molecule is COc1ccccc1C1=C(Nc2ccc(C(C)C)cc2)C(=O)N(c2cc(F)ccc2F)C1=O. The first-order valence-electron chi connectivity index (χ1n) is 10.4. The first-order chi connectivity index (χ1) is 15.8. The predicted octanol–water partition coefficient (Wildman–Crippen LogP) is 5.49. The molecule has 0 bridgehead atoms. The molecule has 0 spiro atoms. The van der Waals surface area contributed by atoms with E-state index in [1.807, 2.05) is 12.1 Å². The third kappa shape index (κ3) is 4.09. The molecule has 2 amide bonds. The number of nitrogens with zero attached hydrogens (tertiary/aromatic N) is 1. The Bertz CT molecular complexity index is 1270. The molecule has 0 saturated heterocycles. The lowest BCUT2D eigenvalue weighted by Crippen LogP contribution is -2.33. The Labute approximate surface area is 190 Å². The van der Waals surface area contributed by atoms with Crippen molar-refractivity contribution in [2.45, 2.75) is 19.8 Å². The van der Waals surface area contributed by atoms with Crippen LogP contribution in [0.2, 0.25) is 0 Å². The summed E-state index contributed by atoms with van der Waals surface area (Å²) in [7, 11) is 1.45. The minimum atomic E-state index is -0.889. The zero-order chi connectivity index (χ0) is 23.7. The molecular formula is C26H22F2N2O3. The molecule has 0 radical (unpaired) electrons. The van der Waals surface area contributed by atoms with Crippen molar-refractivity contribution in [3.63, 3.8) is 0 Å². The van der Waals surface area contributed by atoms with Crippen molar-refractivity contribution in [3.05, 3.63) is 95.2 Å². The fourth-order valence-corrected chi connectivity index (χ4v) is 3.72. The number of methoxy groups -OCH3 is 1. The minimum absolute atomic E-state index is 0.00838. The van der Waals surface area contributed by atoms with Crippen LogP contribution >= 0.6 is 0 Å². The molecule has 1 heterocycles. The predicted molar refractivity (Wildman–Crippen MR) is 123 cm³/mol. The second-order valence-electron chi connectivity index (χ2n) is 7.89. The summed E-state index contributed by atoms with van der Waals surface area (Å²) in [5, 5.41) is 3.02. The Kier molecular flexibility index (Phi) is 5.96. The van der Waals surface area contributed by atoms with Gasteiger partial charge in [0.05, 0.1) is 18.4 Å². The van der Waals surface area contributed by atoms with E-state index in [9.17, 15) is 18.4 Å². The zero-order valence-corrected chi connectivity index (χ0v) is 18.4. The van der Waals surface area contributed by atoms with E-state index >= 15 is 0 Å². The average Bonchev–Trinajstić information content (AvgIpc) is 3.04. The molecular weight excluding hydrogens is 426 g/mol. The second kappa shape index (κ2) is 8.86. The Morgan fingerprint density at radius 2 is 1.61 bits per heavy atom. The maximum absolute atomic E-state index is 14.5. The fraction of sp³-hybridized carbons (Fsp3) is 0.154. The number of carbonyl (C=O) groups is 2. The normalized spacial score (nSPS) is 13.8. The number of hydrogen-bond acceptors (Lipinski definition) is 4. The average molecular weight is 448 g/mol.